The Hall–Kier alpha value is -2.22. The monoisotopic (exact) mass is 252 g/mol. The lowest BCUT2D eigenvalue weighted by molar-refractivity contribution is -0.383. The second kappa shape index (κ2) is 4.96. The number of hydrogen-bond donors (Lipinski definition) is 2. The highest BCUT2D eigenvalue weighted by molar-refractivity contribution is 5.93. The molecular formula is C10H12N4O4. The highest BCUT2D eigenvalue weighted by atomic mass is 16.6. The van der Waals surface area contributed by atoms with Crippen LogP contribution in [0.1, 0.15) is 6.92 Å². The number of hydrogen-bond acceptors (Lipinski definition) is 7. The number of aliphatic hydroxyl groups is 1. The molecule has 0 bridgehead atoms. The molecule has 8 heteroatoms. The van der Waals surface area contributed by atoms with Gasteiger partial charge in [0.15, 0.2) is 5.52 Å². The van der Waals surface area contributed by atoms with Crippen molar-refractivity contribution in [1.82, 2.24) is 10.3 Å². The number of aromatic nitrogens is 2. The fourth-order valence-corrected chi connectivity index (χ4v) is 1.49. The van der Waals surface area contributed by atoms with Gasteiger partial charge >= 0.3 is 5.69 Å². The largest absolute Gasteiger partial charge is 0.396 e. The van der Waals surface area contributed by atoms with Crippen molar-refractivity contribution in [1.29, 1.82) is 0 Å². The highest BCUT2D eigenvalue weighted by Gasteiger charge is 2.19. The first-order valence-corrected chi connectivity index (χ1v) is 5.38. The third-order valence-corrected chi connectivity index (χ3v) is 2.54. The lowest BCUT2D eigenvalue weighted by Gasteiger charge is -2.10. The molecule has 1 heterocycles. The fourth-order valence-electron chi connectivity index (χ4n) is 1.49. The summed E-state index contributed by atoms with van der Waals surface area (Å²) in [7, 11) is 0. The molecular weight excluding hydrogens is 240 g/mol. The van der Waals surface area contributed by atoms with E-state index >= 15 is 0 Å². The molecule has 2 N–H and O–H groups in total. The molecule has 1 aromatic carbocycles. The predicted molar refractivity (Wildman–Crippen MR) is 63.2 cm³/mol. The fraction of sp³-hybridized carbons (Fsp3) is 0.400. The second-order valence-corrected chi connectivity index (χ2v) is 4.02. The Labute approximate surface area is 102 Å². The lowest BCUT2D eigenvalue weighted by Crippen LogP contribution is -2.14. The SMILES string of the molecule is CC(CO)CNc1ccc([N+](=O)[O-])c2nonc12. The zero-order valence-electron chi connectivity index (χ0n) is 9.66. The molecule has 1 aromatic heterocycles. The number of nitro benzene ring substituents is 1. The molecule has 0 aliphatic rings. The summed E-state index contributed by atoms with van der Waals surface area (Å²) in [4.78, 5) is 10.2. The summed E-state index contributed by atoms with van der Waals surface area (Å²) in [5.74, 6) is 0.0649. The number of aliphatic hydroxyl groups excluding tert-OH is 1. The first kappa shape index (κ1) is 12.2. The molecule has 1 atom stereocenters. The third kappa shape index (κ3) is 2.23. The van der Waals surface area contributed by atoms with E-state index < -0.39 is 4.92 Å². The van der Waals surface area contributed by atoms with Crippen LogP contribution in [-0.2, 0) is 0 Å². The number of nitrogens with one attached hydrogen (secondary N) is 1. The van der Waals surface area contributed by atoms with Crippen molar-refractivity contribution >= 4 is 22.4 Å². The minimum Gasteiger partial charge on any atom is -0.396 e. The van der Waals surface area contributed by atoms with Gasteiger partial charge in [-0.1, -0.05) is 6.92 Å². The van der Waals surface area contributed by atoms with Crippen LogP contribution in [-0.4, -0.2) is 33.5 Å². The van der Waals surface area contributed by atoms with Crippen molar-refractivity contribution in [2.75, 3.05) is 18.5 Å². The minimum atomic E-state index is -0.535. The topological polar surface area (TPSA) is 114 Å². The number of benzene rings is 1. The Balaban J connectivity index is 2.33. The Morgan fingerprint density at radius 3 is 2.89 bits per heavy atom. The standard InChI is InChI=1S/C10H12N4O4/c1-6(5-15)4-11-7-2-3-8(14(16)17)10-9(7)12-18-13-10/h2-3,6,11,15H,4-5H2,1H3. The second-order valence-electron chi connectivity index (χ2n) is 4.02. The highest BCUT2D eigenvalue weighted by Crippen LogP contribution is 2.28. The molecule has 0 amide bonds. The van der Waals surface area contributed by atoms with Gasteiger partial charge in [0, 0.05) is 19.2 Å². The molecule has 18 heavy (non-hydrogen) atoms. The van der Waals surface area contributed by atoms with Gasteiger partial charge < -0.3 is 10.4 Å². The molecule has 0 saturated heterocycles. The van der Waals surface area contributed by atoms with Crippen LogP contribution in [0, 0.1) is 16.0 Å². The van der Waals surface area contributed by atoms with Crippen LogP contribution in [0.2, 0.25) is 0 Å². The Morgan fingerprint density at radius 2 is 2.22 bits per heavy atom. The van der Waals surface area contributed by atoms with E-state index in [1.807, 2.05) is 6.92 Å². The first-order chi connectivity index (χ1) is 8.63. The van der Waals surface area contributed by atoms with E-state index in [0.29, 0.717) is 17.7 Å². The van der Waals surface area contributed by atoms with Crippen molar-refractivity contribution in [2.45, 2.75) is 6.92 Å². The van der Waals surface area contributed by atoms with E-state index in [-0.39, 0.29) is 23.7 Å². The average molecular weight is 252 g/mol. The Bertz CT molecular complexity index is 568. The minimum absolute atomic E-state index is 0.0557. The van der Waals surface area contributed by atoms with Gasteiger partial charge in [-0.25, -0.2) is 4.63 Å². The zero-order valence-corrected chi connectivity index (χ0v) is 9.66. The predicted octanol–water partition coefficient (Wildman–Crippen LogP) is 1.17. The molecule has 2 rings (SSSR count). The molecule has 8 nitrogen and oxygen atoms in total. The van der Waals surface area contributed by atoms with Gasteiger partial charge in [-0.15, -0.1) is 0 Å². The molecule has 0 saturated carbocycles. The van der Waals surface area contributed by atoms with Crippen LogP contribution in [0.15, 0.2) is 16.8 Å². The number of fused-ring (bicyclic) bond motifs is 1. The first-order valence-electron chi connectivity index (χ1n) is 5.38. The summed E-state index contributed by atoms with van der Waals surface area (Å²) >= 11 is 0. The maximum atomic E-state index is 10.8. The number of nitrogens with zero attached hydrogens (tertiary/aromatic N) is 3. The van der Waals surface area contributed by atoms with Crippen LogP contribution in [0.3, 0.4) is 0 Å². The molecule has 0 radical (unpaired) electrons. The van der Waals surface area contributed by atoms with E-state index in [1.54, 1.807) is 6.07 Å². The Morgan fingerprint density at radius 1 is 1.50 bits per heavy atom. The molecule has 0 aliphatic heterocycles. The van der Waals surface area contributed by atoms with Gasteiger partial charge in [0.25, 0.3) is 0 Å². The molecule has 0 aliphatic carbocycles. The molecule has 96 valence electrons. The quantitative estimate of drug-likeness (QED) is 0.606. The summed E-state index contributed by atoms with van der Waals surface area (Å²) in [6, 6.07) is 2.90. The summed E-state index contributed by atoms with van der Waals surface area (Å²) in [5.41, 5.74) is 0.875. The van der Waals surface area contributed by atoms with Gasteiger partial charge in [-0.3, -0.25) is 10.1 Å². The zero-order chi connectivity index (χ0) is 13.1. The van der Waals surface area contributed by atoms with E-state index in [4.69, 9.17) is 5.11 Å². The number of non-ortho nitro benzene ring substituents is 1. The van der Waals surface area contributed by atoms with Crippen LogP contribution < -0.4 is 5.32 Å². The smallest absolute Gasteiger partial charge is 0.300 e. The third-order valence-electron chi connectivity index (χ3n) is 2.54. The van der Waals surface area contributed by atoms with E-state index in [0.717, 1.165) is 0 Å². The molecule has 2 aromatic rings. The van der Waals surface area contributed by atoms with Crippen LogP contribution in [0.25, 0.3) is 11.0 Å². The van der Waals surface area contributed by atoms with Crippen LogP contribution in [0.5, 0.6) is 0 Å². The van der Waals surface area contributed by atoms with E-state index in [9.17, 15) is 10.1 Å². The van der Waals surface area contributed by atoms with Gasteiger partial charge in [0.05, 0.1) is 10.6 Å². The van der Waals surface area contributed by atoms with Crippen LogP contribution >= 0.6 is 0 Å². The Kier molecular flexibility index (Phi) is 3.38. The van der Waals surface area contributed by atoms with E-state index in [2.05, 4.69) is 20.3 Å². The molecule has 1 unspecified atom stereocenters. The molecule has 0 spiro atoms. The normalized spacial score (nSPS) is 12.6. The van der Waals surface area contributed by atoms with Gasteiger partial charge in [-0.2, -0.15) is 0 Å². The summed E-state index contributed by atoms with van der Waals surface area (Å²) in [5, 5.41) is 29.9. The number of nitro groups is 1. The summed E-state index contributed by atoms with van der Waals surface area (Å²) in [6.45, 7) is 2.45. The number of anilines is 1. The van der Waals surface area contributed by atoms with Crippen molar-refractivity contribution in [3.63, 3.8) is 0 Å². The van der Waals surface area contributed by atoms with Crippen LogP contribution in [0.4, 0.5) is 11.4 Å². The maximum absolute atomic E-state index is 10.8. The summed E-state index contributed by atoms with van der Waals surface area (Å²) in [6.07, 6.45) is 0. The van der Waals surface area contributed by atoms with Gasteiger partial charge in [0.1, 0.15) is 0 Å². The van der Waals surface area contributed by atoms with Crippen molar-refractivity contribution in [3.05, 3.63) is 22.2 Å². The van der Waals surface area contributed by atoms with E-state index in [1.165, 1.54) is 6.07 Å². The lowest BCUT2D eigenvalue weighted by atomic mass is 10.2. The van der Waals surface area contributed by atoms with Gasteiger partial charge in [0.2, 0.25) is 5.52 Å². The summed E-state index contributed by atoms with van der Waals surface area (Å²) < 4.78 is 4.54. The average Bonchev–Trinajstić information content (AvgIpc) is 2.84. The van der Waals surface area contributed by atoms with Crippen molar-refractivity contribution < 1.29 is 14.7 Å². The maximum Gasteiger partial charge on any atom is 0.300 e. The van der Waals surface area contributed by atoms with Gasteiger partial charge in [-0.05, 0) is 22.3 Å². The van der Waals surface area contributed by atoms with Crippen molar-refractivity contribution in [2.24, 2.45) is 5.92 Å². The molecule has 0 fully saturated rings. The number of rotatable bonds is 5. The van der Waals surface area contributed by atoms with Crippen molar-refractivity contribution in [3.8, 4) is 0 Å².